The highest BCUT2D eigenvalue weighted by Gasteiger charge is 2.28. The van der Waals surface area contributed by atoms with Gasteiger partial charge in [-0.3, -0.25) is 4.90 Å². The molecule has 32 heavy (non-hydrogen) atoms. The molecule has 174 valence electrons. The second-order valence-corrected chi connectivity index (χ2v) is 10.6. The topological polar surface area (TPSA) is 62.3 Å². The lowest BCUT2D eigenvalue weighted by molar-refractivity contribution is 0.331. The maximum absolute atomic E-state index is 14.5. The highest BCUT2D eigenvalue weighted by Crippen LogP contribution is 2.37. The van der Waals surface area contributed by atoms with Crippen molar-refractivity contribution >= 4 is 46.0 Å². The second kappa shape index (κ2) is 11.5. The van der Waals surface area contributed by atoms with Crippen LogP contribution in [0.2, 0.25) is 0 Å². The molecule has 0 unspecified atom stereocenters. The molecule has 0 saturated carbocycles. The molecule has 0 aliphatic carbocycles. The van der Waals surface area contributed by atoms with Crippen LogP contribution in [0, 0.1) is 5.82 Å². The maximum Gasteiger partial charge on any atom is 0.218 e. The Morgan fingerprint density at radius 3 is 2.50 bits per heavy atom. The average molecular weight is 519 g/mol. The number of nitrogens with zero attached hydrogens (tertiary/aromatic N) is 2. The minimum Gasteiger partial charge on any atom is -0.314 e. The first kappa shape index (κ1) is 26.7. The molecule has 0 atom stereocenters. The van der Waals surface area contributed by atoms with Crippen LogP contribution in [0.4, 0.5) is 4.39 Å². The Morgan fingerprint density at radius 2 is 1.81 bits per heavy atom. The molecule has 1 saturated heterocycles. The zero-order chi connectivity index (χ0) is 21.1. The molecule has 0 spiro atoms. The van der Waals surface area contributed by atoms with E-state index >= 15 is 0 Å². The van der Waals surface area contributed by atoms with Crippen LogP contribution < -0.4 is 5.32 Å². The Kier molecular flexibility index (Phi) is 9.63. The van der Waals surface area contributed by atoms with Gasteiger partial charge >= 0.3 is 0 Å². The lowest BCUT2D eigenvalue weighted by atomic mass is 10.1. The van der Waals surface area contributed by atoms with Crippen molar-refractivity contribution in [2.45, 2.75) is 35.0 Å². The van der Waals surface area contributed by atoms with E-state index in [1.807, 2.05) is 6.07 Å². The van der Waals surface area contributed by atoms with Crippen molar-refractivity contribution in [3.8, 4) is 11.3 Å². The van der Waals surface area contributed by atoms with Crippen molar-refractivity contribution in [1.82, 2.24) is 15.2 Å². The molecule has 5 nitrogen and oxygen atoms in total. The van der Waals surface area contributed by atoms with Gasteiger partial charge < -0.3 is 5.32 Å². The lowest BCUT2D eigenvalue weighted by Crippen LogP contribution is -2.18. The average Bonchev–Trinajstić information content (AvgIpc) is 3.39. The molecule has 0 amide bonds. The summed E-state index contributed by atoms with van der Waals surface area (Å²) in [5.41, 5.74) is 1.33. The van der Waals surface area contributed by atoms with Gasteiger partial charge in [-0.05, 0) is 62.8 Å². The third-order valence-electron chi connectivity index (χ3n) is 5.16. The van der Waals surface area contributed by atoms with E-state index in [1.165, 1.54) is 18.9 Å². The normalized spacial score (nSPS) is 14.1. The number of hydrogen-bond acceptors (Lipinski definition) is 6. The molecule has 4 rings (SSSR count). The summed E-state index contributed by atoms with van der Waals surface area (Å²) < 4.78 is 41.7. The van der Waals surface area contributed by atoms with E-state index in [-0.39, 0.29) is 45.2 Å². The predicted molar refractivity (Wildman–Crippen MR) is 131 cm³/mol. The number of aromatic nitrogens is 1. The van der Waals surface area contributed by atoms with Gasteiger partial charge in [-0.2, -0.15) is 0 Å². The van der Waals surface area contributed by atoms with Crippen LogP contribution in [0.1, 0.15) is 23.4 Å². The fourth-order valence-corrected chi connectivity index (χ4v) is 6.72. The van der Waals surface area contributed by atoms with Crippen molar-refractivity contribution in [3.05, 3.63) is 64.9 Å². The van der Waals surface area contributed by atoms with Gasteiger partial charge in [0.25, 0.3) is 0 Å². The quantitative estimate of drug-likeness (QED) is 0.480. The van der Waals surface area contributed by atoms with Crippen LogP contribution in [0.3, 0.4) is 0 Å². The van der Waals surface area contributed by atoms with Crippen LogP contribution >= 0.6 is 36.2 Å². The van der Waals surface area contributed by atoms with Gasteiger partial charge in [-0.15, -0.1) is 36.2 Å². The zero-order valence-corrected chi connectivity index (χ0v) is 20.8. The second-order valence-electron chi connectivity index (χ2n) is 7.39. The first-order valence-electron chi connectivity index (χ1n) is 9.94. The van der Waals surface area contributed by atoms with Gasteiger partial charge in [-0.1, -0.05) is 24.3 Å². The molecule has 0 radical (unpaired) electrons. The summed E-state index contributed by atoms with van der Waals surface area (Å²) in [5, 5.41) is 3.58. The predicted octanol–water partition coefficient (Wildman–Crippen LogP) is 4.94. The molecule has 2 aromatic carbocycles. The number of nitrogens with one attached hydrogen (secondary N) is 1. The maximum atomic E-state index is 14.5. The van der Waals surface area contributed by atoms with E-state index in [2.05, 4.69) is 15.2 Å². The molecule has 1 fully saturated rings. The highest BCUT2D eigenvalue weighted by atomic mass is 35.5. The van der Waals surface area contributed by atoms with E-state index in [4.69, 9.17) is 0 Å². The number of thiazole rings is 1. The SMILES string of the molecule is CNCc1nc(-c2ccccc2F)c(S(=O)(=O)c2cccc(CN3CCCC3)c2)s1.Cl.Cl. The largest absolute Gasteiger partial charge is 0.314 e. The molecule has 1 aliphatic heterocycles. The van der Waals surface area contributed by atoms with Crippen molar-refractivity contribution in [2.24, 2.45) is 0 Å². The van der Waals surface area contributed by atoms with Gasteiger partial charge in [-0.25, -0.2) is 17.8 Å². The van der Waals surface area contributed by atoms with Gasteiger partial charge in [0.2, 0.25) is 9.84 Å². The fourth-order valence-electron chi connectivity index (χ4n) is 3.70. The van der Waals surface area contributed by atoms with Gasteiger partial charge in [0.05, 0.1) is 4.90 Å². The molecule has 2 heterocycles. The zero-order valence-electron chi connectivity index (χ0n) is 17.6. The minimum absolute atomic E-state index is 0. The first-order chi connectivity index (χ1) is 14.5. The Hall–Kier alpha value is -1.55. The summed E-state index contributed by atoms with van der Waals surface area (Å²) in [6, 6.07) is 13.2. The molecular weight excluding hydrogens is 492 g/mol. The van der Waals surface area contributed by atoms with E-state index in [0.717, 1.165) is 36.5 Å². The Morgan fingerprint density at radius 1 is 1.09 bits per heavy atom. The summed E-state index contributed by atoms with van der Waals surface area (Å²) in [4.78, 5) is 7.00. The highest BCUT2D eigenvalue weighted by molar-refractivity contribution is 7.93. The van der Waals surface area contributed by atoms with Gasteiger partial charge in [0.15, 0.2) is 4.21 Å². The number of sulfone groups is 1. The summed E-state index contributed by atoms with van der Waals surface area (Å²) in [5.74, 6) is -0.488. The standard InChI is InChI=1S/C22H24FN3O2S2.2ClH/c1-24-14-20-25-21(18-9-2-3-10-19(18)23)22(29-20)30(27,28)17-8-6-7-16(13-17)15-26-11-4-5-12-26;;/h2-3,6-10,13,24H,4-5,11-12,14-15H2,1H3;2*1H. The Bertz CT molecular complexity index is 1150. The van der Waals surface area contributed by atoms with Crippen molar-refractivity contribution in [3.63, 3.8) is 0 Å². The number of likely N-dealkylation sites (tertiary alicyclic amines) is 1. The molecule has 1 aromatic heterocycles. The van der Waals surface area contributed by atoms with Crippen LogP contribution in [-0.2, 0) is 22.9 Å². The van der Waals surface area contributed by atoms with E-state index in [1.54, 1.807) is 43.4 Å². The first-order valence-corrected chi connectivity index (χ1v) is 12.2. The van der Waals surface area contributed by atoms with Crippen LogP contribution in [0.5, 0.6) is 0 Å². The summed E-state index contributed by atoms with van der Waals surface area (Å²) in [7, 11) is -2.08. The number of hydrogen-bond donors (Lipinski definition) is 1. The van der Waals surface area contributed by atoms with E-state index in [9.17, 15) is 12.8 Å². The van der Waals surface area contributed by atoms with Crippen LogP contribution in [0.15, 0.2) is 57.6 Å². The molecule has 1 aliphatic rings. The molecule has 10 heteroatoms. The van der Waals surface area contributed by atoms with Crippen molar-refractivity contribution < 1.29 is 12.8 Å². The molecule has 0 bridgehead atoms. The minimum atomic E-state index is -3.85. The molecular formula is C22H26Cl2FN3O2S2. The van der Waals surface area contributed by atoms with Crippen molar-refractivity contribution in [2.75, 3.05) is 20.1 Å². The molecule has 3 aromatic rings. The number of halogens is 3. The Balaban J connectivity index is 0.00000181. The van der Waals surface area contributed by atoms with E-state index in [0.29, 0.717) is 11.6 Å². The summed E-state index contributed by atoms with van der Waals surface area (Å²) in [6.07, 6.45) is 2.36. The van der Waals surface area contributed by atoms with E-state index < -0.39 is 15.7 Å². The Labute approximate surface area is 204 Å². The third-order valence-corrected chi connectivity index (χ3v) is 8.47. The van der Waals surface area contributed by atoms with Gasteiger partial charge in [0.1, 0.15) is 16.5 Å². The smallest absolute Gasteiger partial charge is 0.218 e. The third kappa shape index (κ3) is 5.68. The fraction of sp³-hybridized carbons (Fsp3) is 0.318. The monoisotopic (exact) mass is 517 g/mol. The lowest BCUT2D eigenvalue weighted by Gasteiger charge is -2.15. The molecule has 1 N–H and O–H groups in total. The number of rotatable bonds is 7. The van der Waals surface area contributed by atoms with Crippen LogP contribution in [0.25, 0.3) is 11.3 Å². The summed E-state index contributed by atoms with van der Waals surface area (Å²) >= 11 is 1.09. The van der Waals surface area contributed by atoms with Gasteiger partial charge in [0, 0.05) is 18.7 Å². The van der Waals surface area contributed by atoms with Crippen LogP contribution in [-0.4, -0.2) is 38.4 Å². The summed E-state index contributed by atoms with van der Waals surface area (Å²) in [6.45, 7) is 3.22. The number of benzene rings is 2. The van der Waals surface area contributed by atoms with Crippen molar-refractivity contribution in [1.29, 1.82) is 0 Å².